The number of benzene rings is 1. The highest BCUT2D eigenvalue weighted by Crippen LogP contribution is 2.38. The molecule has 3 N–H and O–H groups in total. The van der Waals surface area contributed by atoms with Gasteiger partial charge in [0.2, 0.25) is 0 Å². The minimum Gasteiger partial charge on any atom is -0.497 e. The van der Waals surface area contributed by atoms with Gasteiger partial charge in [-0.3, -0.25) is 9.59 Å². The van der Waals surface area contributed by atoms with E-state index < -0.39 is 23.9 Å². The first-order valence-corrected chi connectivity index (χ1v) is 10.8. The van der Waals surface area contributed by atoms with Crippen molar-refractivity contribution in [2.75, 3.05) is 12.4 Å². The first-order chi connectivity index (χ1) is 16.3. The van der Waals surface area contributed by atoms with E-state index in [1.807, 2.05) is 0 Å². The maximum absolute atomic E-state index is 13.1. The van der Waals surface area contributed by atoms with Crippen molar-refractivity contribution in [1.82, 2.24) is 4.98 Å². The number of primary amides is 1. The average molecular weight is 487 g/mol. The summed E-state index contributed by atoms with van der Waals surface area (Å²) in [5, 5.41) is 2.98. The summed E-state index contributed by atoms with van der Waals surface area (Å²) in [6.07, 6.45) is -2.78. The molecule has 2 amide bonds. The Labute approximate surface area is 196 Å². The van der Waals surface area contributed by atoms with Crippen molar-refractivity contribution in [3.8, 4) is 11.5 Å². The molecule has 11 heteroatoms. The predicted octanol–water partition coefficient (Wildman–Crippen LogP) is 5.07. The first kappa shape index (κ1) is 23.2. The number of carbonyl (C=O) groups excluding carboxylic acids is 2. The molecule has 0 aliphatic heterocycles. The number of ether oxygens (including phenoxy) is 2. The number of hydrogen-bond donors (Lipinski definition) is 2. The van der Waals surface area contributed by atoms with Crippen LogP contribution in [0.3, 0.4) is 0 Å². The Morgan fingerprint density at radius 1 is 1.21 bits per heavy atom. The number of alkyl halides is 2. The summed E-state index contributed by atoms with van der Waals surface area (Å²) in [6.45, 7) is 1.65. The standard InChI is InChI=1S/C23H19F2N3O5S/c1-11-8-15(20(24)25)27-23-17(11)18(19(34-23)21(26)29)28-22(30)16-7-6-14(33-16)10-32-13-5-3-4-12(9-13)31-2/h3-9,20H,10H2,1-2H3,(H2,26,29)(H,28,30). The quantitative estimate of drug-likeness (QED) is 0.358. The van der Waals surface area contributed by atoms with Crippen molar-refractivity contribution in [2.24, 2.45) is 5.73 Å². The topological polar surface area (TPSA) is 117 Å². The molecule has 0 radical (unpaired) electrons. The highest BCUT2D eigenvalue weighted by molar-refractivity contribution is 7.21. The maximum atomic E-state index is 13.1. The summed E-state index contributed by atoms with van der Waals surface area (Å²) in [5.74, 6) is 0.0845. The number of fused-ring (bicyclic) bond motifs is 1. The molecule has 0 aliphatic rings. The number of nitrogens with two attached hydrogens (primary N) is 1. The van der Waals surface area contributed by atoms with Crippen LogP contribution in [-0.2, 0) is 6.61 Å². The molecule has 3 aromatic heterocycles. The van der Waals surface area contributed by atoms with Crippen LogP contribution in [0.1, 0.15) is 43.7 Å². The second-order valence-electron chi connectivity index (χ2n) is 7.20. The molecule has 0 saturated heterocycles. The van der Waals surface area contributed by atoms with Gasteiger partial charge in [-0.25, -0.2) is 13.8 Å². The summed E-state index contributed by atoms with van der Waals surface area (Å²) >= 11 is 0.834. The second kappa shape index (κ2) is 9.48. The molecule has 8 nitrogen and oxygen atoms in total. The molecule has 0 spiro atoms. The molecule has 3 heterocycles. The second-order valence-corrected chi connectivity index (χ2v) is 8.20. The van der Waals surface area contributed by atoms with E-state index in [-0.39, 0.29) is 27.8 Å². The van der Waals surface area contributed by atoms with Crippen molar-refractivity contribution in [3.05, 3.63) is 70.1 Å². The SMILES string of the molecule is COc1cccc(OCc2ccc(C(=O)Nc3c(C(N)=O)sc4nc(C(F)F)cc(C)c34)o2)c1. The molecule has 0 aliphatic carbocycles. The van der Waals surface area contributed by atoms with Gasteiger partial charge in [-0.05, 0) is 42.8 Å². The van der Waals surface area contributed by atoms with Crippen molar-refractivity contribution in [3.63, 3.8) is 0 Å². The van der Waals surface area contributed by atoms with Crippen molar-refractivity contribution in [1.29, 1.82) is 0 Å². The van der Waals surface area contributed by atoms with Gasteiger partial charge in [-0.1, -0.05) is 6.07 Å². The average Bonchev–Trinajstić information content (AvgIpc) is 3.43. The van der Waals surface area contributed by atoms with E-state index in [0.717, 1.165) is 11.3 Å². The smallest absolute Gasteiger partial charge is 0.291 e. The van der Waals surface area contributed by atoms with Crippen LogP contribution < -0.4 is 20.5 Å². The number of carbonyl (C=O) groups is 2. The molecule has 176 valence electrons. The van der Waals surface area contributed by atoms with Crippen LogP contribution in [0.4, 0.5) is 14.5 Å². The fourth-order valence-corrected chi connectivity index (χ4v) is 4.38. The Kier molecular flexibility index (Phi) is 6.46. The van der Waals surface area contributed by atoms with Gasteiger partial charge in [0.15, 0.2) is 5.76 Å². The molecular formula is C23H19F2N3O5S. The van der Waals surface area contributed by atoms with Gasteiger partial charge < -0.3 is 24.9 Å². The summed E-state index contributed by atoms with van der Waals surface area (Å²) in [7, 11) is 1.55. The molecule has 0 atom stereocenters. The minimum atomic E-state index is -2.78. The van der Waals surface area contributed by atoms with Gasteiger partial charge >= 0.3 is 0 Å². The van der Waals surface area contributed by atoms with Crippen molar-refractivity contribution < 1.29 is 32.3 Å². The number of thiophene rings is 1. The number of methoxy groups -OCH3 is 1. The largest absolute Gasteiger partial charge is 0.497 e. The van der Waals surface area contributed by atoms with E-state index in [2.05, 4.69) is 10.3 Å². The van der Waals surface area contributed by atoms with Gasteiger partial charge in [0.1, 0.15) is 39.3 Å². The van der Waals surface area contributed by atoms with Crippen molar-refractivity contribution >= 4 is 39.1 Å². The van der Waals surface area contributed by atoms with E-state index in [9.17, 15) is 18.4 Å². The summed E-state index contributed by atoms with van der Waals surface area (Å²) in [5.41, 5.74) is 5.56. The van der Waals surface area contributed by atoms with E-state index in [1.165, 1.54) is 12.1 Å². The number of nitrogens with one attached hydrogen (secondary N) is 1. The van der Waals surface area contributed by atoms with Crippen LogP contribution >= 0.6 is 11.3 Å². The molecule has 34 heavy (non-hydrogen) atoms. The molecule has 0 saturated carbocycles. The fourth-order valence-electron chi connectivity index (χ4n) is 3.31. The minimum absolute atomic E-state index is 0.00139. The third-order valence-corrected chi connectivity index (χ3v) is 5.97. The zero-order valence-electron chi connectivity index (χ0n) is 18.1. The van der Waals surface area contributed by atoms with E-state index in [1.54, 1.807) is 44.4 Å². The molecular weight excluding hydrogens is 468 g/mol. The Bertz CT molecular complexity index is 1380. The number of amides is 2. The highest BCUT2D eigenvalue weighted by Gasteiger charge is 2.24. The lowest BCUT2D eigenvalue weighted by Crippen LogP contribution is -2.16. The maximum Gasteiger partial charge on any atom is 0.291 e. The van der Waals surface area contributed by atoms with Crippen LogP contribution in [-0.4, -0.2) is 23.9 Å². The molecule has 1 aromatic carbocycles. The zero-order valence-corrected chi connectivity index (χ0v) is 18.9. The number of pyridine rings is 1. The fraction of sp³-hybridized carbons (Fsp3) is 0.174. The third-order valence-electron chi connectivity index (χ3n) is 4.87. The van der Waals surface area contributed by atoms with Crippen LogP contribution in [0.15, 0.2) is 46.9 Å². The number of aromatic nitrogens is 1. The van der Waals surface area contributed by atoms with Gasteiger partial charge in [-0.15, -0.1) is 11.3 Å². The van der Waals surface area contributed by atoms with E-state index >= 15 is 0 Å². The van der Waals surface area contributed by atoms with Gasteiger partial charge in [0.25, 0.3) is 18.2 Å². The Morgan fingerprint density at radius 2 is 1.97 bits per heavy atom. The molecule has 0 fully saturated rings. The number of aryl methyl sites for hydroxylation is 1. The van der Waals surface area contributed by atoms with E-state index in [4.69, 9.17) is 19.6 Å². The lowest BCUT2D eigenvalue weighted by molar-refractivity contribution is 0.0992. The predicted molar refractivity (Wildman–Crippen MR) is 122 cm³/mol. The Balaban J connectivity index is 1.56. The zero-order chi connectivity index (χ0) is 24.4. The Morgan fingerprint density at radius 3 is 2.68 bits per heavy atom. The molecule has 4 aromatic rings. The third kappa shape index (κ3) is 4.69. The lowest BCUT2D eigenvalue weighted by Gasteiger charge is -2.07. The number of rotatable bonds is 8. The van der Waals surface area contributed by atoms with Crippen LogP contribution in [0.25, 0.3) is 10.2 Å². The normalized spacial score (nSPS) is 11.1. The molecule has 0 unspecified atom stereocenters. The lowest BCUT2D eigenvalue weighted by atomic mass is 10.1. The molecule has 0 bridgehead atoms. The number of hydrogen-bond acceptors (Lipinski definition) is 7. The van der Waals surface area contributed by atoms with Gasteiger partial charge in [-0.2, -0.15) is 0 Å². The number of nitrogens with zero attached hydrogens (tertiary/aromatic N) is 1. The van der Waals surface area contributed by atoms with Gasteiger partial charge in [0, 0.05) is 11.5 Å². The van der Waals surface area contributed by atoms with E-state index in [0.29, 0.717) is 28.2 Å². The highest BCUT2D eigenvalue weighted by atomic mass is 32.1. The number of halogens is 2. The number of furan rings is 1. The monoisotopic (exact) mass is 487 g/mol. The Hall–Kier alpha value is -3.99. The van der Waals surface area contributed by atoms with Gasteiger partial charge in [0.05, 0.1) is 12.8 Å². The molecule has 4 rings (SSSR count). The first-order valence-electron chi connectivity index (χ1n) is 9.95. The number of anilines is 1. The van der Waals surface area contributed by atoms with Crippen molar-refractivity contribution in [2.45, 2.75) is 20.0 Å². The summed E-state index contributed by atoms with van der Waals surface area (Å²) in [6, 6.07) is 11.3. The van der Waals surface area contributed by atoms with Crippen LogP contribution in [0.5, 0.6) is 11.5 Å². The summed E-state index contributed by atoms with van der Waals surface area (Å²) < 4.78 is 42.6. The van der Waals surface area contributed by atoms with Crippen LogP contribution in [0.2, 0.25) is 0 Å². The van der Waals surface area contributed by atoms with Crippen LogP contribution in [0, 0.1) is 6.92 Å². The summed E-state index contributed by atoms with van der Waals surface area (Å²) in [4.78, 5) is 28.9.